The Balaban J connectivity index is 1.33. The van der Waals surface area contributed by atoms with E-state index in [1.54, 1.807) is 12.1 Å². The largest absolute Gasteiger partial charge is 0.454 e. The molecule has 2 aliphatic rings. The lowest BCUT2D eigenvalue weighted by Crippen LogP contribution is -2.52. The van der Waals surface area contributed by atoms with E-state index in [4.69, 9.17) is 9.47 Å². The van der Waals surface area contributed by atoms with E-state index < -0.39 is 12.1 Å². The highest BCUT2D eigenvalue weighted by atomic mass is 16.7. The number of likely N-dealkylation sites (tertiary alicyclic amines) is 1. The molecule has 0 saturated carbocycles. The van der Waals surface area contributed by atoms with Crippen LogP contribution in [0.25, 0.3) is 0 Å². The fraction of sp³-hybridized carbons (Fsp3) is 0.423. The highest BCUT2D eigenvalue weighted by molar-refractivity contribution is 5.95. The predicted molar refractivity (Wildman–Crippen MR) is 126 cm³/mol. The van der Waals surface area contributed by atoms with Crippen molar-refractivity contribution < 1.29 is 23.9 Å². The second kappa shape index (κ2) is 10.7. The molecule has 2 aliphatic heterocycles. The van der Waals surface area contributed by atoms with Gasteiger partial charge in [-0.25, -0.2) is 0 Å². The lowest BCUT2D eigenvalue weighted by Gasteiger charge is -2.22. The number of hydrogen-bond acceptors (Lipinski definition) is 6. The molecular weight excluding hydrogens is 434 g/mol. The van der Waals surface area contributed by atoms with Gasteiger partial charge in [-0.3, -0.25) is 19.3 Å². The van der Waals surface area contributed by atoms with Gasteiger partial charge in [0.2, 0.25) is 18.6 Å². The third-order valence-corrected chi connectivity index (χ3v) is 5.93. The number of amides is 2. The van der Waals surface area contributed by atoms with Gasteiger partial charge in [-0.2, -0.15) is 0 Å². The normalized spacial score (nSPS) is 18.2. The van der Waals surface area contributed by atoms with Gasteiger partial charge in [0.15, 0.2) is 17.3 Å². The Bertz CT molecular complexity index is 1040. The zero-order valence-electron chi connectivity index (χ0n) is 19.6. The Morgan fingerprint density at radius 2 is 1.82 bits per heavy atom. The predicted octanol–water partition coefficient (Wildman–Crippen LogP) is 2.06. The zero-order chi connectivity index (χ0) is 24.1. The monoisotopic (exact) mass is 465 g/mol. The van der Waals surface area contributed by atoms with Crippen LogP contribution in [0, 0.1) is 5.92 Å². The molecule has 34 heavy (non-hydrogen) atoms. The Morgan fingerprint density at radius 1 is 1.06 bits per heavy atom. The second-order valence-corrected chi connectivity index (χ2v) is 9.30. The van der Waals surface area contributed by atoms with Crippen LogP contribution in [0.4, 0.5) is 0 Å². The summed E-state index contributed by atoms with van der Waals surface area (Å²) in [4.78, 5) is 40.4. The van der Waals surface area contributed by atoms with Crippen molar-refractivity contribution >= 4 is 17.6 Å². The topological polar surface area (TPSA) is 97.0 Å². The van der Waals surface area contributed by atoms with E-state index in [0.717, 1.165) is 11.1 Å². The number of benzene rings is 2. The highest BCUT2D eigenvalue weighted by Crippen LogP contribution is 2.32. The molecule has 2 aromatic rings. The summed E-state index contributed by atoms with van der Waals surface area (Å²) in [5.41, 5.74) is 1.89. The lowest BCUT2D eigenvalue weighted by atomic mass is 10.0. The molecule has 2 aromatic carbocycles. The number of hydrogen-bond donors (Lipinski definition) is 2. The number of rotatable bonds is 9. The number of nitrogens with zero attached hydrogens (tertiary/aromatic N) is 1. The van der Waals surface area contributed by atoms with Gasteiger partial charge in [-0.1, -0.05) is 50.2 Å². The number of nitrogens with one attached hydrogen (secondary N) is 2. The molecule has 180 valence electrons. The Labute approximate surface area is 199 Å². The second-order valence-electron chi connectivity index (χ2n) is 9.30. The van der Waals surface area contributed by atoms with Crippen LogP contribution in [-0.2, 0) is 27.3 Å². The van der Waals surface area contributed by atoms with Crippen molar-refractivity contribution in [2.24, 2.45) is 5.92 Å². The SMILES string of the molecule is CC(C)C[C@H](NC(=O)Cc1ccc2c(c1)OCO2)C(=O)NC1CN(Cc2ccccc2)CC1=O. The van der Waals surface area contributed by atoms with E-state index in [9.17, 15) is 14.4 Å². The van der Waals surface area contributed by atoms with E-state index in [2.05, 4.69) is 10.6 Å². The molecule has 1 unspecified atom stereocenters. The average Bonchev–Trinajstić information content (AvgIpc) is 3.39. The molecule has 8 nitrogen and oxygen atoms in total. The molecule has 2 N–H and O–H groups in total. The molecule has 0 aromatic heterocycles. The van der Waals surface area contributed by atoms with Gasteiger partial charge >= 0.3 is 0 Å². The van der Waals surface area contributed by atoms with Crippen LogP contribution in [0.5, 0.6) is 11.5 Å². The lowest BCUT2D eigenvalue weighted by molar-refractivity contribution is -0.130. The van der Waals surface area contributed by atoms with Crippen LogP contribution in [0.15, 0.2) is 48.5 Å². The van der Waals surface area contributed by atoms with Gasteiger partial charge in [0.1, 0.15) is 12.1 Å². The zero-order valence-corrected chi connectivity index (χ0v) is 19.6. The maximum Gasteiger partial charge on any atom is 0.243 e. The standard InChI is InChI=1S/C26H31N3O5/c1-17(2)10-20(27-25(31)12-19-8-9-23-24(11-19)34-16-33-23)26(32)28-21-14-29(15-22(21)30)13-18-6-4-3-5-7-18/h3-9,11,17,20-21H,10,12-16H2,1-2H3,(H,27,31)(H,28,32)/t20-,21?/m0/s1. The van der Waals surface area contributed by atoms with Crippen molar-refractivity contribution in [3.63, 3.8) is 0 Å². The molecule has 0 bridgehead atoms. The molecule has 2 amide bonds. The molecule has 1 fully saturated rings. The molecule has 2 heterocycles. The number of carbonyl (C=O) groups is 3. The third-order valence-electron chi connectivity index (χ3n) is 5.93. The smallest absolute Gasteiger partial charge is 0.243 e. The molecule has 0 radical (unpaired) electrons. The summed E-state index contributed by atoms with van der Waals surface area (Å²) in [6.45, 7) is 5.56. The van der Waals surface area contributed by atoms with E-state index in [1.807, 2.05) is 55.1 Å². The first-order chi connectivity index (χ1) is 16.4. The summed E-state index contributed by atoms with van der Waals surface area (Å²) in [5, 5.41) is 5.73. The van der Waals surface area contributed by atoms with Crippen LogP contribution < -0.4 is 20.1 Å². The van der Waals surface area contributed by atoms with Crippen LogP contribution >= 0.6 is 0 Å². The van der Waals surface area contributed by atoms with Gasteiger partial charge < -0.3 is 20.1 Å². The van der Waals surface area contributed by atoms with E-state index in [-0.39, 0.29) is 36.7 Å². The maximum absolute atomic E-state index is 13.1. The molecule has 0 spiro atoms. The summed E-state index contributed by atoms with van der Waals surface area (Å²) in [7, 11) is 0. The number of ether oxygens (including phenoxy) is 2. The first-order valence-corrected chi connectivity index (χ1v) is 11.6. The minimum absolute atomic E-state index is 0.0146. The van der Waals surface area contributed by atoms with Gasteiger partial charge in [0.25, 0.3) is 0 Å². The third kappa shape index (κ3) is 6.14. The van der Waals surface area contributed by atoms with Crippen molar-refractivity contribution in [1.82, 2.24) is 15.5 Å². The number of fused-ring (bicyclic) bond motifs is 1. The summed E-state index contributed by atoms with van der Waals surface area (Å²) in [6.07, 6.45) is 0.596. The van der Waals surface area contributed by atoms with Crippen molar-refractivity contribution in [2.45, 2.75) is 45.3 Å². The number of Topliss-reactive ketones (excluding diaryl/α,β-unsaturated/α-hetero) is 1. The summed E-state index contributed by atoms with van der Waals surface area (Å²) < 4.78 is 10.7. The fourth-order valence-electron chi connectivity index (χ4n) is 4.30. The molecule has 1 saturated heterocycles. The average molecular weight is 466 g/mol. The van der Waals surface area contributed by atoms with Crippen LogP contribution in [0.2, 0.25) is 0 Å². The van der Waals surface area contributed by atoms with E-state index in [1.165, 1.54) is 0 Å². The van der Waals surface area contributed by atoms with Crippen molar-refractivity contribution in [1.29, 1.82) is 0 Å². The quantitative estimate of drug-likeness (QED) is 0.589. The minimum Gasteiger partial charge on any atom is -0.454 e. The van der Waals surface area contributed by atoms with E-state index >= 15 is 0 Å². The Morgan fingerprint density at radius 3 is 2.59 bits per heavy atom. The molecular formula is C26H31N3O5. The minimum atomic E-state index is -0.711. The van der Waals surface area contributed by atoms with Crippen LogP contribution in [0.1, 0.15) is 31.4 Å². The number of carbonyl (C=O) groups excluding carboxylic acids is 3. The van der Waals surface area contributed by atoms with Gasteiger partial charge in [-0.15, -0.1) is 0 Å². The van der Waals surface area contributed by atoms with Crippen molar-refractivity contribution in [3.8, 4) is 11.5 Å². The maximum atomic E-state index is 13.1. The number of ketones is 1. The first kappa shape index (κ1) is 23.8. The van der Waals surface area contributed by atoms with Crippen LogP contribution in [0.3, 0.4) is 0 Å². The van der Waals surface area contributed by atoms with Gasteiger partial charge in [0, 0.05) is 13.1 Å². The Hall–Kier alpha value is -3.39. The van der Waals surface area contributed by atoms with Gasteiger partial charge in [-0.05, 0) is 35.6 Å². The van der Waals surface area contributed by atoms with Gasteiger partial charge in [0.05, 0.1) is 13.0 Å². The highest BCUT2D eigenvalue weighted by Gasteiger charge is 2.34. The molecule has 2 atom stereocenters. The van der Waals surface area contributed by atoms with Crippen molar-refractivity contribution in [3.05, 3.63) is 59.7 Å². The summed E-state index contributed by atoms with van der Waals surface area (Å²) in [5.74, 6) is 0.857. The fourth-order valence-corrected chi connectivity index (χ4v) is 4.30. The van der Waals surface area contributed by atoms with Crippen molar-refractivity contribution in [2.75, 3.05) is 19.9 Å². The molecule has 8 heteroatoms. The Kier molecular flexibility index (Phi) is 7.47. The summed E-state index contributed by atoms with van der Waals surface area (Å²) >= 11 is 0. The first-order valence-electron chi connectivity index (χ1n) is 11.6. The summed E-state index contributed by atoms with van der Waals surface area (Å²) in [6, 6.07) is 14.0. The van der Waals surface area contributed by atoms with E-state index in [0.29, 0.717) is 37.6 Å². The molecule has 0 aliphatic carbocycles. The van der Waals surface area contributed by atoms with Crippen LogP contribution in [-0.4, -0.2) is 54.5 Å². The molecule has 4 rings (SSSR count).